The number of fused-ring (bicyclic) bond motifs is 1. The number of nitrogens with zero attached hydrogens (tertiary/aromatic N) is 3. The van der Waals surface area contributed by atoms with Gasteiger partial charge in [-0.2, -0.15) is 0 Å². The molecular weight excluding hydrogens is 394 g/mol. The first kappa shape index (κ1) is 24.3. The van der Waals surface area contributed by atoms with Crippen molar-refractivity contribution >= 4 is 11.0 Å². The van der Waals surface area contributed by atoms with E-state index >= 15 is 0 Å². The van der Waals surface area contributed by atoms with Crippen molar-refractivity contribution in [3.05, 3.63) is 47.5 Å². The standard InChI is InChI=1S/C28H41N3O/c1-3-5-7-8-9-10-11-12-14-18-24-21-23(17-13-6-4-2)22-27(28(24)32)31-29-25-19-15-16-20-26(25)30-31/h15-16,19-22,32H,3-14,17-18H2,1-2H3. The summed E-state index contributed by atoms with van der Waals surface area (Å²) < 4.78 is 0. The summed E-state index contributed by atoms with van der Waals surface area (Å²) in [6.07, 6.45) is 17.3. The van der Waals surface area contributed by atoms with Crippen LogP contribution in [0.4, 0.5) is 0 Å². The van der Waals surface area contributed by atoms with E-state index < -0.39 is 0 Å². The molecule has 0 saturated carbocycles. The van der Waals surface area contributed by atoms with Crippen LogP contribution in [0.25, 0.3) is 16.7 Å². The summed E-state index contributed by atoms with van der Waals surface area (Å²) >= 11 is 0. The second-order valence-electron chi connectivity index (χ2n) is 9.14. The van der Waals surface area contributed by atoms with Crippen molar-refractivity contribution < 1.29 is 5.11 Å². The maximum atomic E-state index is 11.1. The van der Waals surface area contributed by atoms with Gasteiger partial charge in [0.1, 0.15) is 22.5 Å². The van der Waals surface area contributed by atoms with Gasteiger partial charge >= 0.3 is 0 Å². The maximum Gasteiger partial charge on any atom is 0.146 e. The molecule has 0 aliphatic heterocycles. The zero-order valence-corrected chi connectivity index (χ0v) is 20.2. The van der Waals surface area contributed by atoms with E-state index in [2.05, 4.69) is 36.2 Å². The predicted octanol–water partition coefficient (Wildman–Crippen LogP) is 7.93. The highest BCUT2D eigenvalue weighted by atomic mass is 16.3. The van der Waals surface area contributed by atoms with Crippen molar-refractivity contribution in [1.82, 2.24) is 15.0 Å². The molecule has 3 aromatic rings. The fourth-order valence-corrected chi connectivity index (χ4v) is 4.40. The minimum absolute atomic E-state index is 0.337. The lowest BCUT2D eigenvalue weighted by molar-refractivity contribution is 0.458. The van der Waals surface area contributed by atoms with E-state index in [4.69, 9.17) is 0 Å². The van der Waals surface area contributed by atoms with Crippen LogP contribution in [0.3, 0.4) is 0 Å². The van der Waals surface area contributed by atoms with E-state index in [9.17, 15) is 5.11 Å². The van der Waals surface area contributed by atoms with Crippen molar-refractivity contribution in [3.63, 3.8) is 0 Å². The van der Waals surface area contributed by atoms with Gasteiger partial charge in [0.2, 0.25) is 0 Å². The summed E-state index contributed by atoms with van der Waals surface area (Å²) in [5.74, 6) is 0.337. The molecule has 0 spiro atoms. The quantitative estimate of drug-likeness (QED) is 0.247. The van der Waals surface area contributed by atoms with E-state index in [-0.39, 0.29) is 0 Å². The number of benzene rings is 2. The molecule has 1 N–H and O–H groups in total. The topological polar surface area (TPSA) is 50.9 Å². The summed E-state index contributed by atoms with van der Waals surface area (Å²) in [5.41, 5.74) is 4.73. The third-order valence-corrected chi connectivity index (χ3v) is 6.35. The summed E-state index contributed by atoms with van der Waals surface area (Å²) in [4.78, 5) is 1.61. The summed E-state index contributed by atoms with van der Waals surface area (Å²) in [5, 5.41) is 20.3. The van der Waals surface area contributed by atoms with Crippen LogP contribution in [0.2, 0.25) is 0 Å². The van der Waals surface area contributed by atoms with Gasteiger partial charge in [-0.05, 0) is 55.0 Å². The van der Waals surface area contributed by atoms with Gasteiger partial charge < -0.3 is 5.11 Å². The van der Waals surface area contributed by atoms with Crippen LogP contribution in [-0.4, -0.2) is 20.1 Å². The van der Waals surface area contributed by atoms with Crippen LogP contribution in [0.5, 0.6) is 5.75 Å². The van der Waals surface area contributed by atoms with Crippen molar-refractivity contribution in [2.75, 3.05) is 0 Å². The lowest BCUT2D eigenvalue weighted by atomic mass is 9.98. The van der Waals surface area contributed by atoms with E-state index in [0.29, 0.717) is 11.4 Å². The lowest BCUT2D eigenvalue weighted by Gasteiger charge is -2.13. The fraction of sp³-hybridized carbons (Fsp3) is 0.571. The molecule has 2 aromatic carbocycles. The summed E-state index contributed by atoms with van der Waals surface area (Å²) in [7, 11) is 0. The third kappa shape index (κ3) is 7.08. The van der Waals surface area contributed by atoms with Gasteiger partial charge in [0.15, 0.2) is 0 Å². The van der Waals surface area contributed by atoms with Gasteiger partial charge in [-0.15, -0.1) is 15.0 Å². The number of unbranched alkanes of at least 4 members (excludes halogenated alkanes) is 10. The Morgan fingerprint density at radius 2 is 1.22 bits per heavy atom. The van der Waals surface area contributed by atoms with Crippen molar-refractivity contribution in [3.8, 4) is 11.4 Å². The van der Waals surface area contributed by atoms with Crippen LogP contribution in [0.1, 0.15) is 102 Å². The van der Waals surface area contributed by atoms with Gasteiger partial charge in [0.25, 0.3) is 0 Å². The molecule has 0 radical (unpaired) electrons. The Labute approximate surface area is 194 Å². The Balaban J connectivity index is 1.66. The zero-order valence-electron chi connectivity index (χ0n) is 20.2. The van der Waals surface area contributed by atoms with E-state index in [0.717, 1.165) is 35.9 Å². The molecule has 0 unspecified atom stereocenters. The molecular formula is C28H41N3O. The van der Waals surface area contributed by atoms with Crippen molar-refractivity contribution in [2.45, 2.75) is 104 Å². The van der Waals surface area contributed by atoms with Crippen LogP contribution < -0.4 is 0 Å². The molecule has 0 saturated heterocycles. The number of phenolic OH excluding ortho intramolecular Hbond substituents is 1. The fourth-order valence-electron chi connectivity index (χ4n) is 4.40. The summed E-state index contributed by atoms with van der Waals surface area (Å²) in [6.45, 7) is 4.50. The molecule has 0 aliphatic carbocycles. The van der Waals surface area contributed by atoms with Gasteiger partial charge in [0, 0.05) is 0 Å². The SMILES string of the molecule is CCCCCCCCCCCc1cc(CCCCC)cc(-n2nc3ccccc3n2)c1O. The number of aromatic hydroxyl groups is 1. The molecule has 1 heterocycles. The molecule has 0 atom stereocenters. The second-order valence-corrected chi connectivity index (χ2v) is 9.14. The molecule has 0 amide bonds. The van der Waals surface area contributed by atoms with Crippen LogP contribution >= 0.6 is 0 Å². The van der Waals surface area contributed by atoms with Gasteiger partial charge in [-0.1, -0.05) is 96.3 Å². The molecule has 174 valence electrons. The Bertz CT molecular complexity index is 914. The first-order valence-corrected chi connectivity index (χ1v) is 12.9. The molecule has 0 aliphatic rings. The number of hydrogen-bond acceptors (Lipinski definition) is 3. The smallest absolute Gasteiger partial charge is 0.146 e. The number of phenols is 1. The highest BCUT2D eigenvalue weighted by Crippen LogP contribution is 2.30. The van der Waals surface area contributed by atoms with Crippen LogP contribution in [0.15, 0.2) is 36.4 Å². The van der Waals surface area contributed by atoms with Crippen molar-refractivity contribution in [1.29, 1.82) is 0 Å². The third-order valence-electron chi connectivity index (χ3n) is 6.35. The number of rotatable bonds is 15. The van der Waals surface area contributed by atoms with Gasteiger partial charge in [0.05, 0.1) is 0 Å². The number of aromatic nitrogens is 3. The van der Waals surface area contributed by atoms with E-state index in [1.54, 1.807) is 4.80 Å². The molecule has 0 bridgehead atoms. The second kappa shape index (κ2) is 13.2. The molecule has 0 fully saturated rings. The lowest BCUT2D eigenvalue weighted by Crippen LogP contribution is -2.03. The normalized spacial score (nSPS) is 11.4. The van der Waals surface area contributed by atoms with Gasteiger partial charge in [-0.3, -0.25) is 0 Å². The largest absolute Gasteiger partial charge is 0.505 e. The van der Waals surface area contributed by atoms with Crippen LogP contribution in [0, 0.1) is 0 Å². The highest BCUT2D eigenvalue weighted by Gasteiger charge is 2.14. The Kier molecular flexibility index (Phi) is 10.1. The van der Waals surface area contributed by atoms with Gasteiger partial charge in [-0.25, -0.2) is 0 Å². The Morgan fingerprint density at radius 3 is 1.84 bits per heavy atom. The average molecular weight is 436 g/mol. The number of hydrogen-bond donors (Lipinski definition) is 1. The highest BCUT2D eigenvalue weighted by molar-refractivity contribution is 5.73. The minimum atomic E-state index is 0.337. The van der Waals surface area contributed by atoms with Crippen molar-refractivity contribution in [2.24, 2.45) is 0 Å². The maximum absolute atomic E-state index is 11.1. The average Bonchev–Trinajstić information content (AvgIpc) is 3.24. The van der Waals surface area contributed by atoms with E-state index in [1.807, 2.05) is 24.3 Å². The Morgan fingerprint density at radius 1 is 0.688 bits per heavy atom. The predicted molar refractivity (Wildman–Crippen MR) is 135 cm³/mol. The monoisotopic (exact) mass is 435 g/mol. The minimum Gasteiger partial charge on any atom is -0.505 e. The summed E-state index contributed by atoms with van der Waals surface area (Å²) in [6, 6.07) is 12.1. The van der Waals surface area contributed by atoms with Crippen LogP contribution in [-0.2, 0) is 12.8 Å². The Hall–Kier alpha value is -2.36. The van der Waals surface area contributed by atoms with E-state index in [1.165, 1.54) is 76.2 Å². The molecule has 32 heavy (non-hydrogen) atoms. The first-order chi connectivity index (χ1) is 15.7. The molecule has 3 rings (SSSR count). The molecule has 4 nitrogen and oxygen atoms in total. The number of aryl methyl sites for hydroxylation is 2. The molecule has 4 heteroatoms. The zero-order chi connectivity index (χ0) is 22.6. The molecule has 1 aromatic heterocycles. The first-order valence-electron chi connectivity index (χ1n) is 12.9.